The van der Waals surface area contributed by atoms with Crippen LogP contribution in [0.25, 0.3) is 0 Å². The van der Waals surface area contributed by atoms with E-state index in [0.717, 1.165) is 22.5 Å². The SMILES string of the molecule is CC(=O)C(C)Cc1ccc(OCc2cccc(Nc3cccc(C(C)C)c3)c2)c(C)c1O. The van der Waals surface area contributed by atoms with Gasteiger partial charge in [0.2, 0.25) is 0 Å². The second-order valence-electron chi connectivity index (χ2n) is 8.81. The van der Waals surface area contributed by atoms with Gasteiger partial charge in [-0.25, -0.2) is 0 Å². The van der Waals surface area contributed by atoms with Crippen molar-refractivity contribution in [2.75, 3.05) is 5.32 Å². The molecule has 0 radical (unpaired) electrons. The monoisotopic (exact) mass is 431 g/mol. The number of hydrogen-bond acceptors (Lipinski definition) is 4. The van der Waals surface area contributed by atoms with Crippen molar-refractivity contribution < 1.29 is 14.6 Å². The first-order valence-corrected chi connectivity index (χ1v) is 11.1. The third-order valence-electron chi connectivity index (χ3n) is 5.85. The zero-order valence-electron chi connectivity index (χ0n) is 19.6. The molecule has 4 nitrogen and oxygen atoms in total. The third-order valence-corrected chi connectivity index (χ3v) is 5.85. The van der Waals surface area contributed by atoms with Gasteiger partial charge in [0, 0.05) is 22.9 Å². The van der Waals surface area contributed by atoms with Gasteiger partial charge in [-0.05, 0) is 73.2 Å². The van der Waals surface area contributed by atoms with Crippen LogP contribution in [-0.2, 0) is 17.8 Å². The first kappa shape index (κ1) is 23.4. The van der Waals surface area contributed by atoms with Crippen molar-refractivity contribution in [1.82, 2.24) is 0 Å². The van der Waals surface area contributed by atoms with E-state index in [1.54, 1.807) is 6.92 Å². The van der Waals surface area contributed by atoms with Crippen LogP contribution in [0.1, 0.15) is 55.9 Å². The van der Waals surface area contributed by atoms with Crippen LogP contribution < -0.4 is 10.1 Å². The highest BCUT2D eigenvalue weighted by molar-refractivity contribution is 5.78. The number of hydrogen-bond donors (Lipinski definition) is 2. The largest absolute Gasteiger partial charge is 0.507 e. The Morgan fingerprint density at radius 1 is 1.00 bits per heavy atom. The topological polar surface area (TPSA) is 58.6 Å². The van der Waals surface area contributed by atoms with E-state index in [2.05, 4.69) is 49.5 Å². The van der Waals surface area contributed by atoms with Crippen molar-refractivity contribution in [3.05, 3.63) is 82.9 Å². The van der Waals surface area contributed by atoms with E-state index in [9.17, 15) is 9.90 Å². The second kappa shape index (κ2) is 10.4. The Morgan fingerprint density at radius 3 is 2.38 bits per heavy atom. The number of aromatic hydroxyl groups is 1. The van der Waals surface area contributed by atoms with Gasteiger partial charge in [0.25, 0.3) is 0 Å². The van der Waals surface area contributed by atoms with Gasteiger partial charge in [-0.15, -0.1) is 0 Å². The quantitative estimate of drug-likeness (QED) is 0.386. The Morgan fingerprint density at radius 2 is 1.69 bits per heavy atom. The molecule has 0 aliphatic carbocycles. The Bertz CT molecular complexity index is 1090. The van der Waals surface area contributed by atoms with E-state index in [0.29, 0.717) is 30.3 Å². The molecular formula is C28H33NO3. The molecule has 0 spiro atoms. The molecule has 0 bridgehead atoms. The van der Waals surface area contributed by atoms with Gasteiger partial charge in [0.15, 0.2) is 0 Å². The highest BCUT2D eigenvalue weighted by atomic mass is 16.5. The predicted molar refractivity (Wildman–Crippen MR) is 131 cm³/mol. The molecule has 0 heterocycles. The summed E-state index contributed by atoms with van der Waals surface area (Å²) in [6.07, 6.45) is 0.522. The molecule has 0 aliphatic rings. The van der Waals surface area contributed by atoms with Gasteiger partial charge in [0.1, 0.15) is 23.9 Å². The number of anilines is 2. The zero-order chi connectivity index (χ0) is 23.3. The molecule has 4 heteroatoms. The fourth-order valence-electron chi connectivity index (χ4n) is 3.57. The molecule has 0 fully saturated rings. The summed E-state index contributed by atoms with van der Waals surface area (Å²) in [4.78, 5) is 11.5. The van der Waals surface area contributed by atoms with Crippen molar-refractivity contribution >= 4 is 17.2 Å². The van der Waals surface area contributed by atoms with E-state index >= 15 is 0 Å². The van der Waals surface area contributed by atoms with E-state index in [-0.39, 0.29) is 17.5 Å². The van der Waals surface area contributed by atoms with Crippen molar-refractivity contribution in [3.63, 3.8) is 0 Å². The minimum absolute atomic E-state index is 0.117. The normalized spacial score (nSPS) is 11.9. The minimum atomic E-state index is -0.122. The minimum Gasteiger partial charge on any atom is -0.507 e. The standard InChI is InChI=1S/C28H33NO3/c1-18(2)23-9-7-11-26(16-23)29-25-10-6-8-22(15-25)17-32-27-13-12-24(28(31)20(27)4)14-19(3)21(5)30/h6-13,15-16,18-19,29,31H,14,17H2,1-5H3. The lowest BCUT2D eigenvalue weighted by Gasteiger charge is -2.15. The maximum Gasteiger partial charge on any atom is 0.132 e. The lowest BCUT2D eigenvalue weighted by molar-refractivity contribution is -0.120. The summed E-state index contributed by atoms with van der Waals surface area (Å²) in [6, 6.07) is 20.3. The van der Waals surface area contributed by atoms with E-state index in [4.69, 9.17) is 4.74 Å². The Labute approximate surface area is 191 Å². The molecule has 32 heavy (non-hydrogen) atoms. The summed E-state index contributed by atoms with van der Waals surface area (Å²) < 4.78 is 6.01. The van der Waals surface area contributed by atoms with E-state index < -0.39 is 0 Å². The van der Waals surface area contributed by atoms with Gasteiger partial charge < -0.3 is 15.2 Å². The summed E-state index contributed by atoms with van der Waals surface area (Å²) in [5, 5.41) is 14.0. The Kier molecular flexibility index (Phi) is 7.57. The number of Topliss-reactive ketones (excluding diaryl/α,β-unsaturated/α-hetero) is 1. The number of nitrogens with one attached hydrogen (secondary N) is 1. The molecule has 2 N–H and O–H groups in total. The molecule has 1 atom stereocenters. The van der Waals surface area contributed by atoms with E-state index in [1.165, 1.54) is 5.56 Å². The number of benzene rings is 3. The summed E-state index contributed by atoms with van der Waals surface area (Å²) >= 11 is 0. The number of phenols is 1. The smallest absolute Gasteiger partial charge is 0.132 e. The lowest BCUT2D eigenvalue weighted by Crippen LogP contribution is -2.10. The molecule has 0 aliphatic heterocycles. The average Bonchev–Trinajstić information content (AvgIpc) is 2.76. The molecule has 3 aromatic carbocycles. The van der Waals surface area contributed by atoms with Gasteiger partial charge in [0.05, 0.1) is 0 Å². The maximum absolute atomic E-state index is 11.5. The maximum atomic E-state index is 11.5. The number of carbonyl (C=O) groups excluding carboxylic acids is 1. The number of ether oxygens (including phenoxy) is 1. The number of phenolic OH excluding ortho intramolecular Hbond substituents is 1. The van der Waals surface area contributed by atoms with Crippen LogP contribution in [0.15, 0.2) is 60.7 Å². The average molecular weight is 432 g/mol. The number of carbonyl (C=O) groups is 1. The van der Waals surface area contributed by atoms with Crippen molar-refractivity contribution in [1.29, 1.82) is 0 Å². The molecule has 168 valence electrons. The summed E-state index contributed by atoms with van der Waals surface area (Å²) in [5.74, 6) is 1.32. The first-order chi connectivity index (χ1) is 15.2. The Hall–Kier alpha value is -3.27. The highest BCUT2D eigenvalue weighted by Gasteiger charge is 2.15. The molecule has 3 aromatic rings. The Balaban J connectivity index is 1.68. The van der Waals surface area contributed by atoms with Gasteiger partial charge in [-0.3, -0.25) is 4.79 Å². The van der Waals surface area contributed by atoms with Crippen LogP contribution in [0.3, 0.4) is 0 Å². The number of ketones is 1. The van der Waals surface area contributed by atoms with Crippen LogP contribution in [-0.4, -0.2) is 10.9 Å². The van der Waals surface area contributed by atoms with Crippen molar-refractivity contribution in [3.8, 4) is 11.5 Å². The molecular weight excluding hydrogens is 398 g/mol. The van der Waals surface area contributed by atoms with Crippen LogP contribution in [0.4, 0.5) is 11.4 Å². The first-order valence-electron chi connectivity index (χ1n) is 11.1. The molecule has 0 aromatic heterocycles. The summed E-state index contributed by atoms with van der Waals surface area (Å²) in [5.41, 5.74) is 5.85. The second-order valence-corrected chi connectivity index (χ2v) is 8.81. The van der Waals surface area contributed by atoms with Crippen LogP contribution >= 0.6 is 0 Å². The number of rotatable bonds is 9. The molecule has 0 amide bonds. The van der Waals surface area contributed by atoms with Crippen LogP contribution in [0.2, 0.25) is 0 Å². The summed E-state index contributed by atoms with van der Waals surface area (Å²) in [6.45, 7) is 10.1. The molecule has 0 saturated heterocycles. The highest BCUT2D eigenvalue weighted by Crippen LogP contribution is 2.32. The zero-order valence-corrected chi connectivity index (χ0v) is 19.6. The third kappa shape index (κ3) is 5.91. The lowest BCUT2D eigenvalue weighted by atomic mass is 9.95. The van der Waals surface area contributed by atoms with Gasteiger partial charge >= 0.3 is 0 Å². The molecule has 0 saturated carbocycles. The van der Waals surface area contributed by atoms with Crippen LogP contribution in [0.5, 0.6) is 11.5 Å². The molecule has 3 rings (SSSR count). The van der Waals surface area contributed by atoms with Crippen molar-refractivity contribution in [2.24, 2.45) is 5.92 Å². The fraction of sp³-hybridized carbons (Fsp3) is 0.321. The van der Waals surface area contributed by atoms with Gasteiger partial charge in [-0.1, -0.05) is 51.1 Å². The predicted octanol–water partition coefficient (Wildman–Crippen LogP) is 6.91. The van der Waals surface area contributed by atoms with Crippen molar-refractivity contribution in [2.45, 2.75) is 53.6 Å². The van der Waals surface area contributed by atoms with E-state index in [1.807, 2.05) is 44.2 Å². The molecule has 1 unspecified atom stereocenters. The fourth-order valence-corrected chi connectivity index (χ4v) is 3.57. The summed E-state index contributed by atoms with van der Waals surface area (Å²) in [7, 11) is 0. The van der Waals surface area contributed by atoms with Crippen LogP contribution in [0, 0.1) is 12.8 Å². The van der Waals surface area contributed by atoms with Gasteiger partial charge in [-0.2, -0.15) is 0 Å².